The number of methoxy groups -OCH3 is 1. The summed E-state index contributed by atoms with van der Waals surface area (Å²) in [4.78, 5) is 0. The van der Waals surface area contributed by atoms with Crippen LogP contribution in [0.25, 0.3) is 6.08 Å². The highest BCUT2D eigenvalue weighted by Gasteiger charge is 2.00. The Balaban J connectivity index is 0.000000219. The average Bonchev–Trinajstić information content (AvgIpc) is 2.51. The first kappa shape index (κ1) is 16.6. The molecule has 0 aliphatic heterocycles. The van der Waals surface area contributed by atoms with Crippen molar-refractivity contribution in [2.45, 2.75) is 13.3 Å². The number of benzene rings is 2. The van der Waals surface area contributed by atoms with Gasteiger partial charge in [0.25, 0.3) is 0 Å². The molecule has 2 aromatic rings. The predicted molar refractivity (Wildman–Crippen MR) is 89.7 cm³/mol. The van der Waals surface area contributed by atoms with Crippen molar-refractivity contribution in [2.24, 2.45) is 0 Å². The molecule has 0 saturated carbocycles. The molecule has 0 bridgehead atoms. The monoisotopic (exact) mass is 282 g/mol. The van der Waals surface area contributed by atoms with Gasteiger partial charge in [0, 0.05) is 0 Å². The van der Waals surface area contributed by atoms with E-state index in [9.17, 15) is 5.11 Å². The number of phenolic OH excluding ortho intramolecular Hbond substituents is 1. The lowest BCUT2D eigenvalue weighted by atomic mass is 10.1. The molecule has 2 aromatic carbocycles. The molecule has 0 saturated heterocycles. The number of ether oxygens (including phenoxy) is 1. The SMILES string of the molecule is C/C=C\c1ccccc1.C=CCc1ccc(O)c(OC)c1. The van der Waals surface area contributed by atoms with Crippen LogP contribution in [0.3, 0.4) is 0 Å². The predicted octanol–water partition coefficient (Wildman–Crippen LogP) is 4.85. The third kappa shape index (κ3) is 6.00. The second-order valence-electron chi connectivity index (χ2n) is 4.41. The van der Waals surface area contributed by atoms with Crippen molar-refractivity contribution in [3.63, 3.8) is 0 Å². The van der Waals surface area contributed by atoms with Crippen LogP contribution >= 0.6 is 0 Å². The van der Waals surface area contributed by atoms with E-state index >= 15 is 0 Å². The summed E-state index contributed by atoms with van der Waals surface area (Å²) in [5.74, 6) is 0.680. The highest BCUT2D eigenvalue weighted by Crippen LogP contribution is 2.26. The van der Waals surface area contributed by atoms with Crippen LogP contribution in [-0.2, 0) is 6.42 Å². The average molecular weight is 282 g/mol. The maximum Gasteiger partial charge on any atom is 0.160 e. The summed E-state index contributed by atoms with van der Waals surface area (Å²) in [5.41, 5.74) is 2.35. The third-order valence-corrected chi connectivity index (χ3v) is 2.78. The Morgan fingerprint density at radius 3 is 2.43 bits per heavy atom. The fourth-order valence-corrected chi connectivity index (χ4v) is 1.77. The van der Waals surface area contributed by atoms with E-state index in [1.807, 2.05) is 43.3 Å². The van der Waals surface area contributed by atoms with Gasteiger partial charge in [-0.3, -0.25) is 0 Å². The second-order valence-corrected chi connectivity index (χ2v) is 4.41. The Bertz CT molecular complexity index is 571. The number of hydrogen-bond donors (Lipinski definition) is 1. The fourth-order valence-electron chi connectivity index (χ4n) is 1.77. The zero-order valence-corrected chi connectivity index (χ0v) is 12.6. The van der Waals surface area contributed by atoms with Crippen LogP contribution < -0.4 is 4.74 Å². The van der Waals surface area contributed by atoms with Gasteiger partial charge < -0.3 is 9.84 Å². The second kappa shape index (κ2) is 9.43. The zero-order chi connectivity index (χ0) is 15.5. The summed E-state index contributed by atoms with van der Waals surface area (Å²) < 4.78 is 4.95. The topological polar surface area (TPSA) is 29.5 Å². The summed E-state index contributed by atoms with van der Waals surface area (Å²) in [6.07, 6.45) is 6.72. The smallest absolute Gasteiger partial charge is 0.160 e. The van der Waals surface area contributed by atoms with Gasteiger partial charge >= 0.3 is 0 Å². The van der Waals surface area contributed by atoms with Crippen LogP contribution in [0.1, 0.15) is 18.1 Å². The first-order valence-electron chi connectivity index (χ1n) is 6.85. The van der Waals surface area contributed by atoms with Crippen LogP contribution in [0.15, 0.2) is 67.3 Å². The molecule has 1 N–H and O–H groups in total. The van der Waals surface area contributed by atoms with E-state index in [2.05, 4.69) is 24.8 Å². The molecule has 0 aliphatic carbocycles. The zero-order valence-electron chi connectivity index (χ0n) is 12.6. The fraction of sp³-hybridized carbons (Fsp3) is 0.158. The summed E-state index contributed by atoms with van der Waals surface area (Å²) >= 11 is 0. The Hall–Kier alpha value is -2.48. The van der Waals surface area contributed by atoms with Crippen molar-refractivity contribution in [3.05, 3.63) is 78.4 Å². The maximum atomic E-state index is 9.25. The minimum atomic E-state index is 0.172. The summed E-state index contributed by atoms with van der Waals surface area (Å²) in [6, 6.07) is 15.5. The van der Waals surface area contributed by atoms with Gasteiger partial charge in [0.15, 0.2) is 11.5 Å². The Labute approximate surface area is 127 Å². The third-order valence-electron chi connectivity index (χ3n) is 2.78. The molecule has 110 valence electrons. The minimum absolute atomic E-state index is 0.172. The molecule has 2 heteroatoms. The van der Waals surface area contributed by atoms with E-state index in [0.717, 1.165) is 12.0 Å². The molecule has 0 heterocycles. The molecule has 0 fully saturated rings. The van der Waals surface area contributed by atoms with Crippen LogP contribution in [-0.4, -0.2) is 12.2 Å². The molecular weight excluding hydrogens is 260 g/mol. The van der Waals surface area contributed by atoms with E-state index in [-0.39, 0.29) is 5.75 Å². The first-order valence-corrected chi connectivity index (χ1v) is 6.85. The minimum Gasteiger partial charge on any atom is -0.504 e. The highest BCUT2D eigenvalue weighted by atomic mass is 16.5. The highest BCUT2D eigenvalue weighted by molar-refractivity contribution is 5.48. The number of aromatic hydroxyl groups is 1. The van der Waals surface area contributed by atoms with Crippen molar-refractivity contribution >= 4 is 6.08 Å². The lowest BCUT2D eigenvalue weighted by Gasteiger charge is -2.04. The van der Waals surface area contributed by atoms with E-state index in [4.69, 9.17) is 4.74 Å². The largest absolute Gasteiger partial charge is 0.504 e. The van der Waals surface area contributed by atoms with E-state index in [0.29, 0.717) is 5.75 Å². The van der Waals surface area contributed by atoms with E-state index in [1.54, 1.807) is 12.1 Å². The van der Waals surface area contributed by atoms with Gasteiger partial charge in [0.2, 0.25) is 0 Å². The quantitative estimate of drug-likeness (QED) is 0.812. The summed E-state index contributed by atoms with van der Waals surface area (Å²) in [6.45, 7) is 5.65. The number of phenols is 1. The van der Waals surface area contributed by atoms with Crippen LogP contribution in [0.5, 0.6) is 11.5 Å². The number of allylic oxidation sites excluding steroid dienone is 2. The molecule has 0 atom stereocenters. The Morgan fingerprint density at radius 1 is 1.14 bits per heavy atom. The van der Waals surface area contributed by atoms with Crippen molar-refractivity contribution in [1.82, 2.24) is 0 Å². The molecule has 0 unspecified atom stereocenters. The van der Waals surface area contributed by atoms with Crippen molar-refractivity contribution in [3.8, 4) is 11.5 Å². The van der Waals surface area contributed by atoms with Gasteiger partial charge in [-0.2, -0.15) is 0 Å². The maximum absolute atomic E-state index is 9.25. The van der Waals surface area contributed by atoms with Crippen molar-refractivity contribution in [2.75, 3.05) is 7.11 Å². The van der Waals surface area contributed by atoms with Gasteiger partial charge in [-0.25, -0.2) is 0 Å². The summed E-state index contributed by atoms with van der Waals surface area (Å²) in [7, 11) is 1.53. The standard InChI is InChI=1S/C10H12O2.C9H10/c1-3-4-8-5-6-9(11)10(7-8)12-2;1-2-6-9-7-4-3-5-8-9/h3,5-7,11H,1,4H2,2H3;2-8H,1H3/b;6-2-. The molecular formula is C19H22O2. The molecule has 0 aromatic heterocycles. The Kier molecular flexibility index (Phi) is 7.44. The van der Waals surface area contributed by atoms with Gasteiger partial charge in [0.05, 0.1) is 7.11 Å². The lowest BCUT2D eigenvalue weighted by molar-refractivity contribution is 0.373. The Morgan fingerprint density at radius 2 is 1.86 bits per heavy atom. The molecule has 2 rings (SSSR count). The molecule has 0 aliphatic rings. The van der Waals surface area contributed by atoms with Gasteiger partial charge in [-0.05, 0) is 36.6 Å². The van der Waals surface area contributed by atoms with Crippen LogP contribution in [0.4, 0.5) is 0 Å². The normalized spacial score (nSPS) is 9.81. The molecule has 2 nitrogen and oxygen atoms in total. The molecule has 0 amide bonds. The number of rotatable bonds is 4. The molecule has 21 heavy (non-hydrogen) atoms. The molecule has 0 radical (unpaired) electrons. The van der Waals surface area contributed by atoms with Gasteiger partial charge in [0.1, 0.15) is 0 Å². The lowest BCUT2D eigenvalue weighted by Crippen LogP contribution is -1.86. The van der Waals surface area contributed by atoms with Gasteiger partial charge in [-0.1, -0.05) is 54.6 Å². The van der Waals surface area contributed by atoms with Crippen molar-refractivity contribution < 1.29 is 9.84 Å². The van der Waals surface area contributed by atoms with E-state index in [1.165, 1.54) is 12.7 Å². The van der Waals surface area contributed by atoms with Crippen LogP contribution in [0.2, 0.25) is 0 Å². The van der Waals surface area contributed by atoms with Crippen molar-refractivity contribution in [1.29, 1.82) is 0 Å². The number of hydrogen-bond acceptors (Lipinski definition) is 2. The first-order chi connectivity index (χ1) is 10.2. The van der Waals surface area contributed by atoms with Gasteiger partial charge in [-0.15, -0.1) is 6.58 Å². The van der Waals surface area contributed by atoms with E-state index < -0.39 is 0 Å². The molecule has 0 spiro atoms. The van der Waals surface area contributed by atoms with Crippen LogP contribution in [0, 0.1) is 0 Å². The summed E-state index contributed by atoms with van der Waals surface area (Å²) in [5, 5.41) is 9.25.